The first-order chi connectivity index (χ1) is 31.5. The number of esters is 3. The zero-order valence-corrected chi connectivity index (χ0v) is 43.6. The maximum Gasteiger partial charge on any atom is 0.306 e. The van der Waals surface area contributed by atoms with Gasteiger partial charge in [0.1, 0.15) is 13.2 Å². The molecule has 0 saturated heterocycles. The highest BCUT2D eigenvalue weighted by Gasteiger charge is 2.19. The van der Waals surface area contributed by atoms with Crippen LogP contribution in [0.15, 0.2) is 0 Å². The molecule has 0 spiro atoms. The van der Waals surface area contributed by atoms with Gasteiger partial charge in [0.05, 0.1) is 0 Å². The molecule has 0 unspecified atom stereocenters. The fraction of sp³-hybridized carbons (Fsp3) is 0.948. The van der Waals surface area contributed by atoms with Crippen LogP contribution in [0.5, 0.6) is 0 Å². The van der Waals surface area contributed by atoms with E-state index in [1.54, 1.807) is 0 Å². The Morgan fingerprint density at radius 2 is 0.422 bits per heavy atom. The molecule has 0 fully saturated rings. The Kier molecular flexibility index (Phi) is 52.7. The maximum absolute atomic E-state index is 12.8. The third-order valence-corrected chi connectivity index (χ3v) is 13.4. The van der Waals surface area contributed by atoms with Gasteiger partial charge in [0.2, 0.25) is 0 Å². The standard InChI is InChI=1S/C58H112O6/c1-4-7-10-13-16-19-22-25-27-29-30-32-34-37-39-42-45-48-51-57(60)63-54-55(64-58(61)52-49-46-43-40-35-24-21-18-15-12-9-6-3)53-62-56(59)50-47-44-41-38-36-33-31-28-26-23-20-17-14-11-8-5-2/h55H,4-54H2,1-3H3/t55-/m1/s1. The smallest absolute Gasteiger partial charge is 0.306 e. The number of rotatable bonds is 54. The lowest BCUT2D eigenvalue weighted by atomic mass is 10.0. The molecule has 0 rings (SSSR count). The van der Waals surface area contributed by atoms with Gasteiger partial charge in [-0.3, -0.25) is 14.4 Å². The van der Waals surface area contributed by atoms with Crippen molar-refractivity contribution in [3.05, 3.63) is 0 Å². The lowest BCUT2D eigenvalue weighted by Crippen LogP contribution is -2.30. The molecule has 0 aliphatic heterocycles. The lowest BCUT2D eigenvalue weighted by molar-refractivity contribution is -0.167. The summed E-state index contributed by atoms with van der Waals surface area (Å²) in [4.78, 5) is 38.1. The van der Waals surface area contributed by atoms with E-state index in [-0.39, 0.29) is 31.1 Å². The summed E-state index contributed by atoms with van der Waals surface area (Å²) in [6.45, 7) is 6.70. The molecule has 0 radical (unpaired) electrons. The highest BCUT2D eigenvalue weighted by molar-refractivity contribution is 5.71. The molecule has 6 nitrogen and oxygen atoms in total. The van der Waals surface area contributed by atoms with Gasteiger partial charge in [0, 0.05) is 19.3 Å². The van der Waals surface area contributed by atoms with Crippen LogP contribution in [0.1, 0.15) is 335 Å². The Morgan fingerprint density at radius 1 is 0.250 bits per heavy atom. The minimum atomic E-state index is -0.760. The number of unbranched alkanes of at least 4 members (excludes halogenated alkanes) is 43. The van der Waals surface area contributed by atoms with Crippen molar-refractivity contribution < 1.29 is 28.6 Å². The van der Waals surface area contributed by atoms with Crippen molar-refractivity contribution >= 4 is 17.9 Å². The van der Waals surface area contributed by atoms with Gasteiger partial charge < -0.3 is 14.2 Å². The zero-order valence-electron chi connectivity index (χ0n) is 43.6. The van der Waals surface area contributed by atoms with E-state index >= 15 is 0 Å². The normalized spacial score (nSPS) is 11.9. The SMILES string of the molecule is CCCCCCCCCCCCCCCCCCCCC(=O)OC[C@@H](COC(=O)CCCCCCCCCCCCCCCCCC)OC(=O)CCCCCCCCCCCCCC. The number of hydrogen-bond donors (Lipinski definition) is 0. The first-order valence-corrected chi connectivity index (χ1v) is 29.0. The summed E-state index contributed by atoms with van der Waals surface area (Å²) < 4.78 is 16.9. The summed E-state index contributed by atoms with van der Waals surface area (Å²) in [6.07, 6.45) is 59.5. The first-order valence-electron chi connectivity index (χ1n) is 29.0. The molecule has 64 heavy (non-hydrogen) atoms. The number of hydrogen-bond acceptors (Lipinski definition) is 6. The van der Waals surface area contributed by atoms with E-state index in [9.17, 15) is 14.4 Å². The molecule has 0 aliphatic rings. The second-order valence-corrected chi connectivity index (χ2v) is 19.9. The molecule has 0 heterocycles. The first kappa shape index (κ1) is 62.4. The quantitative estimate of drug-likeness (QED) is 0.0344. The predicted octanol–water partition coefficient (Wildman–Crippen LogP) is 19.2. The van der Waals surface area contributed by atoms with Gasteiger partial charge in [-0.1, -0.05) is 297 Å². The molecule has 0 aromatic heterocycles. The van der Waals surface area contributed by atoms with Gasteiger partial charge >= 0.3 is 17.9 Å². The monoisotopic (exact) mass is 905 g/mol. The summed E-state index contributed by atoms with van der Waals surface area (Å²) in [7, 11) is 0. The van der Waals surface area contributed by atoms with Gasteiger partial charge in [-0.15, -0.1) is 0 Å². The van der Waals surface area contributed by atoms with Gasteiger partial charge in [-0.25, -0.2) is 0 Å². The molecule has 380 valence electrons. The predicted molar refractivity (Wildman–Crippen MR) is 275 cm³/mol. The second-order valence-electron chi connectivity index (χ2n) is 19.9. The fourth-order valence-electron chi connectivity index (χ4n) is 8.98. The van der Waals surface area contributed by atoms with Crippen LogP contribution in [0.25, 0.3) is 0 Å². The number of carbonyl (C=O) groups excluding carboxylic acids is 3. The molecular formula is C58H112O6. The number of carbonyl (C=O) groups is 3. The summed E-state index contributed by atoms with van der Waals surface area (Å²) in [5, 5.41) is 0. The largest absolute Gasteiger partial charge is 0.462 e. The molecule has 0 amide bonds. The van der Waals surface area contributed by atoms with E-state index in [1.165, 1.54) is 238 Å². The van der Waals surface area contributed by atoms with E-state index in [4.69, 9.17) is 14.2 Å². The summed E-state index contributed by atoms with van der Waals surface area (Å²) in [5.74, 6) is -0.832. The number of ether oxygens (including phenoxy) is 3. The molecule has 0 aromatic carbocycles. The highest BCUT2D eigenvalue weighted by atomic mass is 16.6. The molecule has 0 aromatic rings. The Bertz CT molecular complexity index is 951. The van der Waals surface area contributed by atoms with E-state index < -0.39 is 6.10 Å². The van der Waals surface area contributed by atoms with Gasteiger partial charge in [0.25, 0.3) is 0 Å². The third kappa shape index (κ3) is 51.4. The van der Waals surface area contributed by atoms with Crippen molar-refractivity contribution in [2.75, 3.05) is 13.2 Å². The van der Waals surface area contributed by atoms with Crippen molar-refractivity contribution in [2.45, 2.75) is 341 Å². The van der Waals surface area contributed by atoms with Gasteiger partial charge in [-0.2, -0.15) is 0 Å². The molecule has 6 heteroatoms. The van der Waals surface area contributed by atoms with Crippen molar-refractivity contribution in [1.29, 1.82) is 0 Å². The maximum atomic E-state index is 12.8. The van der Waals surface area contributed by atoms with Crippen LogP contribution in [0.2, 0.25) is 0 Å². The van der Waals surface area contributed by atoms with Crippen LogP contribution >= 0.6 is 0 Å². The Hall–Kier alpha value is -1.59. The van der Waals surface area contributed by atoms with E-state index in [2.05, 4.69) is 20.8 Å². The summed E-state index contributed by atoms with van der Waals surface area (Å²) >= 11 is 0. The third-order valence-electron chi connectivity index (χ3n) is 13.4. The van der Waals surface area contributed by atoms with Crippen LogP contribution < -0.4 is 0 Å². The van der Waals surface area contributed by atoms with Crippen LogP contribution in [0, 0.1) is 0 Å². The van der Waals surface area contributed by atoms with E-state index in [1.807, 2.05) is 0 Å². The molecular weight excluding hydrogens is 793 g/mol. The Balaban J connectivity index is 4.25. The summed E-state index contributed by atoms with van der Waals surface area (Å²) in [5.41, 5.74) is 0. The van der Waals surface area contributed by atoms with Gasteiger partial charge in [-0.05, 0) is 19.3 Å². The van der Waals surface area contributed by atoms with Crippen molar-refractivity contribution in [2.24, 2.45) is 0 Å². The average Bonchev–Trinajstić information content (AvgIpc) is 3.29. The molecule has 0 bridgehead atoms. The van der Waals surface area contributed by atoms with Crippen molar-refractivity contribution in [3.8, 4) is 0 Å². The highest BCUT2D eigenvalue weighted by Crippen LogP contribution is 2.18. The topological polar surface area (TPSA) is 78.9 Å². The molecule has 0 saturated carbocycles. The van der Waals surface area contributed by atoms with Crippen LogP contribution in [-0.4, -0.2) is 37.2 Å². The van der Waals surface area contributed by atoms with Crippen LogP contribution in [-0.2, 0) is 28.6 Å². The zero-order chi connectivity index (χ0) is 46.5. The molecule has 0 N–H and O–H groups in total. The van der Waals surface area contributed by atoms with Crippen molar-refractivity contribution in [1.82, 2.24) is 0 Å². The second kappa shape index (κ2) is 54.0. The molecule has 0 aliphatic carbocycles. The summed E-state index contributed by atoms with van der Waals surface area (Å²) in [6, 6.07) is 0. The Morgan fingerprint density at radius 3 is 0.625 bits per heavy atom. The van der Waals surface area contributed by atoms with Gasteiger partial charge in [0.15, 0.2) is 6.10 Å². The minimum absolute atomic E-state index is 0.0611. The molecule has 1 atom stereocenters. The van der Waals surface area contributed by atoms with E-state index in [0.29, 0.717) is 19.3 Å². The average molecular weight is 906 g/mol. The van der Waals surface area contributed by atoms with Crippen LogP contribution in [0.4, 0.5) is 0 Å². The van der Waals surface area contributed by atoms with Crippen LogP contribution in [0.3, 0.4) is 0 Å². The fourth-order valence-corrected chi connectivity index (χ4v) is 8.98. The lowest BCUT2D eigenvalue weighted by Gasteiger charge is -2.18. The van der Waals surface area contributed by atoms with Crippen molar-refractivity contribution in [3.63, 3.8) is 0 Å². The minimum Gasteiger partial charge on any atom is -0.462 e. The van der Waals surface area contributed by atoms with E-state index in [0.717, 1.165) is 57.8 Å². The Labute approximate surface area is 399 Å².